The van der Waals surface area contributed by atoms with Crippen molar-refractivity contribution in [2.45, 2.75) is 19.3 Å². The first kappa shape index (κ1) is 21.3. The molecular formula is C26H28N2O2. The molecule has 4 nitrogen and oxygen atoms in total. The maximum Gasteiger partial charge on any atom is 0.235 e. The number of carbonyl (C=O) groups excluding carboxylic acids is 2. The molecule has 0 heterocycles. The summed E-state index contributed by atoms with van der Waals surface area (Å²) in [6.07, 6.45) is 0.279. The van der Waals surface area contributed by atoms with Crippen molar-refractivity contribution in [1.82, 2.24) is 4.90 Å². The van der Waals surface area contributed by atoms with Gasteiger partial charge in [-0.1, -0.05) is 73.7 Å². The fourth-order valence-corrected chi connectivity index (χ4v) is 3.59. The van der Waals surface area contributed by atoms with Crippen molar-refractivity contribution in [3.05, 3.63) is 96.6 Å². The predicted octanol–water partition coefficient (Wildman–Crippen LogP) is 5.25. The fourth-order valence-electron chi connectivity index (χ4n) is 3.59. The molecule has 3 aromatic carbocycles. The Hall–Kier alpha value is -3.40. The van der Waals surface area contributed by atoms with Crippen LogP contribution in [0.5, 0.6) is 0 Å². The zero-order valence-corrected chi connectivity index (χ0v) is 17.7. The van der Waals surface area contributed by atoms with E-state index in [0.717, 1.165) is 16.9 Å². The van der Waals surface area contributed by atoms with Crippen LogP contribution in [-0.4, -0.2) is 30.8 Å². The summed E-state index contributed by atoms with van der Waals surface area (Å²) in [5, 5.41) is 0. The van der Waals surface area contributed by atoms with Crippen LogP contribution in [0.3, 0.4) is 0 Å². The fraction of sp³-hybridized carbons (Fsp3) is 0.231. The molecule has 2 amide bonds. The Labute approximate surface area is 178 Å². The van der Waals surface area contributed by atoms with Crippen LogP contribution in [0.2, 0.25) is 0 Å². The van der Waals surface area contributed by atoms with Gasteiger partial charge >= 0.3 is 0 Å². The average Bonchev–Trinajstić information content (AvgIpc) is 2.79. The standard InChI is InChI=1S/C26H28N2O2/c1-20(24(19-25(29)27(2)3)21-13-7-4-8-14-21)26(30)28(22-15-9-5-10-16-22)23-17-11-6-12-18-23/h4-18,20,24H,19H2,1-3H3/t20-,24-/m0/s1. The average molecular weight is 401 g/mol. The number of amides is 2. The van der Waals surface area contributed by atoms with E-state index in [-0.39, 0.29) is 24.2 Å². The highest BCUT2D eigenvalue weighted by Gasteiger charge is 2.32. The van der Waals surface area contributed by atoms with Gasteiger partial charge in [-0.05, 0) is 29.8 Å². The van der Waals surface area contributed by atoms with Gasteiger partial charge in [0.1, 0.15) is 0 Å². The quantitative estimate of drug-likeness (QED) is 0.543. The number of hydrogen-bond donors (Lipinski definition) is 0. The zero-order valence-electron chi connectivity index (χ0n) is 17.7. The van der Waals surface area contributed by atoms with Gasteiger partial charge in [-0.25, -0.2) is 0 Å². The molecule has 30 heavy (non-hydrogen) atoms. The van der Waals surface area contributed by atoms with Crippen molar-refractivity contribution in [3.63, 3.8) is 0 Å². The van der Waals surface area contributed by atoms with Crippen LogP contribution in [0, 0.1) is 5.92 Å². The molecule has 0 aliphatic carbocycles. The topological polar surface area (TPSA) is 40.6 Å². The highest BCUT2D eigenvalue weighted by atomic mass is 16.2. The van der Waals surface area contributed by atoms with Crippen LogP contribution in [0.4, 0.5) is 11.4 Å². The Balaban J connectivity index is 2.00. The van der Waals surface area contributed by atoms with Crippen LogP contribution in [0.15, 0.2) is 91.0 Å². The maximum absolute atomic E-state index is 13.8. The minimum atomic E-state index is -0.392. The summed E-state index contributed by atoms with van der Waals surface area (Å²) in [7, 11) is 3.49. The molecule has 0 N–H and O–H groups in total. The Morgan fingerprint density at radius 1 is 0.733 bits per heavy atom. The number of rotatable bonds is 7. The molecular weight excluding hydrogens is 372 g/mol. The molecule has 2 atom stereocenters. The SMILES string of the molecule is C[C@H](C(=O)N(c1ccccc1)c1ccccc1)[C@H](CC(=O)N(C)C)c1ccccc1. The van der Waals surface area contributed by atoms with Crippen LogP contribution in [0.25, 0.3) is 0 Å². The molecule has 0 radical (unpaired) electrons. The molecule has 0 saturated heterocycles. The second kappa shape index (κ2) is 9.88. The number of nitrogens with zero attached hydrogens (tertiary/aromatic N) is 2. The molecule has 3 rings (SSSR count). The molecule has 0 spiro atoms. The van der Waals surface area contributed by atoms with E-state index in [1.165, 1.54) is 0 Å². The molecule has 0 aliphatic rings. The van der Waals surface area contributed by atoms with E-state index in [0.29, 0.717) is 0 Å². The third-order valence-corrected chi connectivity index (χ3v) is 5.36. The highest BCUT2D eigenvalue weighted by molar-refractivity contribution is 6.02. The normalized spacial score (nSPS) is 12.6. The van der Waals surface area contributed by atoms with E-state index in [1.54, 1.807) is 23.9 Å². The smallest absolute Gasteiger partial charge is 0.235 e. The lowest BCUT2D eigenvalue weighted by Gasteiger charge is -2.31. The molecule has 0 unspecified atom stereocenters. The number of hydrogen-bond acceptors (Lipinski definition) is 2. The molecule has 0 aliphatic heterocycles. The summed E-state index contributed by atoms with van der Waals surface area (Å²) < 4.78 is 0. The Morgan fingerprint density at radius 3 is 1.60 bits per heavy atom. The Bertz CT molecular complexity index is 917. The summed E-state index contributed by atoms with van der Waals surface area (Å²) in [6.45, 7) is 1.92. The van der Waals surface area contributed by atoms with E-state index < -0.39 is 5.92 Å². The van der Waals surface area contributed by atoms with Crippen molar-refractivity contribution in [3.8, 4) is 0 Å². The van der Waals surface area contributed by atoms with Gasteiger partial charge in [0.15, 0.2) is 0 Å². The lowest BCUT2D eigenvalue weighted by molar-refractivity contribution is -0.129. The maximum atomic E-state index is 13.8. The van der Waals surface area contributed by atoms with Gasteiger partial charge < -0.3 is 4.90 Å². The molecule has 0 bridgehead atoms. The summed E-state index contributed by atoms with van der Waals surface area (Å²) in [5.74, 6) is -0.637. The lowest BCUT2D eigenvalue weighted by Crippen LogP contribution is -2.36. The third-order valence-electron chi connectivity index (χ3n) is 5.36. The van der Waals surface area contributed by atoms with E-state index >= 15 is 0 Å². The van der Waals surface area contributed by atoms with Crippen LogP contribution >= 0.6 is 0 Å². The first-order chi connectivity index (χ1) is 14.5. The monoisotopic (exact) mass is 400 g/mol. The van der Waals surface area contributed by atoms with Crippen LogP contribution < -0.4 is 4.90 Å². The summed E-state index contributed by atoms with van der Waals surface area (Å²) in [6, 6.07) is 29.1. The molecule has 0 aromatic heterocycles. The molecule has 154 valence electrons. The first-order valence-electron chi connectivity index (χ1n) is 10.2. The van der Waals surface area contributed by atoms with Gasteiger partial charge in [-0.15, -0.1) is 0 Å². The van der Waals surface area contributed by atoms with Gasteiger partial charge in [0, 0.05) is 43.7 Å². The number of anilines is 2. The molecule has 3 aromatic rings. The van der Waals surface area contributed by atoms with E-state index in [4.69, 9.17) is 0 Å². The molecule has 0 saturated carbocycles. The van der Waals surface area contributed by atoms with Gasteiger partial charge in [0.2, 0.25) is 11.8 Å². The largest absolute Gasteiger partial charge is 0.349 e. The lowest BCUT2D eigenvalue weighted by atomic mass is 9.83. The predicted molar refractivity (Wildman–Crippen MR) is 122 cm³/mol. The van der Waals surface area contributed by atoms with E-state index in [1.807, 2.05) is 97.9 Å². The molecule has 4 heteroatoms. The third kappa shape index (κ3) is 4.95. The van der Waals surface area contributed by atoms with Gasteiger partial charge in [-0.2, -0.15) is 0 Å². The molecule has 0 fully saturated rings. The summed E-state index contributed by atoms with van der Waals surface area (Å²) >= 11 is 0. The zero-order chi connectivity index (χ0) is 21.5. The Kier molecular flexibility index (Phi) is 7.02. The first-order valence-corrected chi connectivity index (χ1v) is 10.2. The van der Waals surface area contributed by atoms with Gasteiger partial charge in [-0.3, -0.25) is 14.5 Å². The summed E-state index contributed by atoms with van der Waals surface area (Å²) in [5.41, 5.74) is 2.62. The van der Waals surface area contributed by atoms with Crippen molar-refractivity contribution in [2.24, 2.45) is 5.92 Å². The van der Waals surface area contributed by atoms with Crippen LogP contribution in [-0.2, 0) is 9.59 Å². The second-order valence-electron chi connectivity index (χ2n) is 7.64. The number of carbonyl (C=O) groups is 2. The number of benzene rings is 3. The van der Waals surface area contributed by atoms with Gasteiger partial charge in [0.05, 0.1) is 0 Å². The summed E-state index contributed by atoms with van der Waals surface area (Å²) in [4.78, 5) is 29.7. The van der Waals surface area contributed by atoms with Crippen molar-refractivity contribution >= 4 is 23.2 Å². The minimum Gasteiger partial charge on any atom is -0.349 e. The van der Waals surface area contributed by atoms with Crippen molar-refractivity contribution in [2.75, 3.05) is 19.0 Å². The van der Waals surface area contributed by atoms with Crippen molar-refractivity contribution in [1.29, 1.82) is 0 Å². The van der Waals surface area contributed by atoms with E-state index in [9.17, 15) is 9.59 Å². The highest BCUT2D eigenvalue weighted by Crippen LogP contribution is 2.34. The minimum absolute atomic E-state index is 0.00877. The number of para-hydroxylation sites is 2. The van der Waals surface area contributed by atoms with Crippen LogP contribution in [0.1, 0.15) is 24.8 Å². The Morgan fingerprint density at radius 2 is 1.17 bits per heavy atom. The van der Waals surface area contributed by atoms with Gasteiger partial charge in [0.25, 0.3) is 0 Å². The van der Waals surface area contributed by atoms with E-state index in [2.05, 4.69) is 0 Å². The van der Waals surface area contributed by atoms with Crippen molar-refractivity contribution < 1.29 is 9.59 Å². The second-order valence-corrected chi connectivity index (χ2v) is 7.64.